The van der Waals surface area contributed by atoms with Crippen LogP contribution in [0.25, 0.3) is 5.65 Å². The number of hydrogen-bond acceptors (Lipinski definition) is 8. The second kappa shape index (κ2) is 13.2. The Morgan fingerprint density at radius 1 is 1.05 bits per heavy atom. The number of aliphatic hydroxyl groups excluding tert-OH is 1. The number of anilines is 2. The summed E-state index contributed by atoms with van der Waals surface area (Å²) in [5.41, 5.74) is 1.12. The Hall–Kier alpha value is -4.51. The van der Waals surface area contributed by atoms with Crippen molar-refractivity contribution in [1.82, 2.24) is 29.4 Å². The molecule has 43 heavy (non-hydrogen) atoms. The highest BCUT2D eigenvalue weighted by Crippen LogP contribution is 2.34. The van der Waals surface area contributed by atoms with Gasteiger partial charge >= 0.3 is 6.18 Å². The van der Waals surface area contributed by atoms with Crippen LogP contribution in [0.4, 0.5) is 24.7 Å². The summed E-state index contributed by atoms with van der Waals surface area (Å²) < 4.78 is 43.5. The molecule has 5 rings (SSSR count). The molecule has 0 unspecified atom stereocenters. The first-order valence-corrected chi connectivity index (χ1v) is 13.8. The SMILES string of the molecule is CN1CCN(Cc2ccc(NC(=O)c3cncc(C#Cc4cnc5ccc(NCCCO)nn45)c3)cc2C(F)(F)F)CC1. The fourth-order valence-corrected chi connectivity index (χ4v) is 4.62. The maximum Gasteiger partial charge on any atom is 0.416 e. The van der Waals surface area contributed by atoms with Gasteiger partial charge in [-0.3, -0.25) is 14.7 Å². The number of rotatable bonds is 8. The van der Waals surface area contributed by atoms with Crippen LogP contribution in [-0.4, -0.2) is 86.8 Å². The predicted octanol–water partition coefficient (Wildman–Crippen LogP) is 3.34. The fourth-order valence-electron chi connectivity index (χ4n) is 4.62. The lowest BCUT2D eigenvalue weighted by molar-refractivity contribution is -0.138. The van der Waals surface area contributed by atoms with Crippen molar-refractivity contribution in [3.05, 3.63) is 82.9 Å². The molecule has 0 spiro atoms. The molecule has 1 saturated heterocycles. The summed E-state index contributed by atoms with van der Waals surface area (Å²) in [6, 6.07) is 8.97. The Morgan fingerprint density at radius 3 is 2.63 bits per heavy atom. The Morgan fingerprint density at radius 2 is 1.86 bits per heavy atom. The molecule has 13 heteroatoms. The van der Waals surface area contributed by atoms with Crippen LogP contribution in [-0.2, 0) is 12.7 Å². The van der Waals surface area contributed by atoms with E-state index in [0.717, 1.165) is 19.2 Å². The minimum Gasteiger partial charge on any atom is -0.396 e. The van der Waals surface area contributed by atoms with Crippen molar-refractivity contribution in [3.63, 3.8) is 0 Å². The zero-order valence-corrected chi connectivity index (χ0v) is 23.5. The second-order valence-electron chi connectivity index (χ2n) is 10.3. The van der Waals surface area contributed by atoms with Crippen LogP contribution in [0.1, 0.15) is 39.2 Å². The molecule has 3 aromatic heterocycles. The van der Waals surface area contributed by atoms with Gasteiger partial charge in [0.25, 0.3) is 5.91 Å². The number of amides is 1. The maximum absolute atomic E-state index is 14.0. The first kappa shape index (κ1) is 30.0. The molecule has 1 aromatic carbocycles. The van der Waals surface area contributed by atoms with Gasteiger partial charge in [0.1, 0.15) is 11.5 Å². The van der Waals surface area contributed by atoms with Crippen LogP contribution in [0.5, 0.6) is 0 Å². The summed E-state index contributed by atoms with van der Waals surface area (Å²) in [6.45, 7) is 3.79. The minimum atomic E-state index is -4.57. The van der Waals surface area contributed by atoms with Crippen molar-refractivity contribution in [2.24, 2.45) is 0 Å². The number of pyridine rings is 1. The van der Waals surface area contributed by atoms with E-state index in [4.69, 9.17) is 5.11 Å². The van der Waals surface area contributed by atoms with Crippen LogP contribution < -0.4 is 10.6 Å². The molecule has 1 fully saturated rings. The van der Waals surface area contributed by atoms with Gasteiger partial charge in [-0.15, -0.1) is 5.10 Å². The third kappa shape index (κ3) is 7.66. The number of carbonyl (C=O) groups is 1. The lowest BCUT2D eigenvalue weighted by Crippen LogP contribution is -2.44. The van der Waals surface area contributed by atoms with Crippen molar-refractivity contribution >= 4 is 23.1 Å². The van der Waals surface area contributed by atoms with Gasteiger partial charge in [-0.05, 0) is 55.3 Å². The number of imidazole rings is 1. The zero-order valence-electron chi connectivity index (χ0n) is 23.5. The van der Waals surface area contributed by atoms with E-state index in [1.807, 2.05) is 11.9 Å². The molecule has 0 radical (unpaired) electrons. The van der Waals surface area contributed by atoms with Gasteiger partial charge in [-0.1, -0.05) is 12.0 Å². The van der Waals surface area contributed by atoms with E-state index in [2.05, 4.69) is 42.4 Å². The Bertz CT molecular complexity index is 1650. The molecule has 10 nitrogen and oxygen atoms in total. The molecule has 1 aliphatic rings. The topological polar surface area (TPSA) is 111 Å². The monoisotopic (exact) mass is 592 g/mol. The highest BCUT2D eigenvalue weighted by molar-refractivity contribution is 6.04. The van der Waals surface area contributed by atoms with E-state index in [1.54, 1.807) is 22.8 Å². The Kier molecular flexibility index (Phi) is 9.20. The van der Waals surface area contributed by atoms with E-state index < -0.39 is 17.6 Å². The molecule has 224 valence electrons. The summed E-state index contributed by atoms with van der Waals surface area (Å²) in [5.74, 6) is 5.92. The molecule has 1 amide bonds. The standard InChI is InChI=1S/C30H31F3N8O2/c1-39-10-12-40(13-11-39)20-22-4-5-24(16-26(22)30(31,32)33)37-29(43)23-15-21(17-34-18-23)3-6-25-19-36-28-8-7-27(38-41(25)28)35-9-2-14-42/h4-5,7-8,15-19,42H,2,9-14,20H2,1H3,(H,35,38)(H,37,43). The number of likely N-dealkylation sites (N-methyl/N-ethyl adjacent to an activating group) is 1. The number of aliphatic hydroxyl groups is 1. The van der Waals surface area contributed by atoms with E-state index in [9.17, 15) is 18.0 Å². The van der Waals surface area contributed by atoms with Crippen LogP contribution >= 0.6 is 0 Å². The summed E-state index contributed by atoms with van der Waals surface area (Å²) in [4.78, 5) is 25.5. The number of halogens is 3. The fraction of sp³-hybridized carbons (Fsp3) is 0.333. The first-order valence-electron chi connectivity index (χ1n) is 13.8. The van der Waals surface area contributed by atoms with Crippen LogP contribution in [0.2, 0.25) is 0 Å². The van der Waals surface area contributed by atoms with Crippen molar-refractivity contribution in [3.8, 4) is 11.8 Å². The van der Waals surface area contributed by atoms with E-state index in [0.29, 0.717) is 48.8 Å². The Balaban J connectivity index is 1.30. The van der Waals surface area contributed by atoms with Gasteiger partial charge in [-0.2, -0.15) is 13.2 Å². The lowest BCUT2D eigenvalue weighted by atomic mass is 10.0. The van der Waals surface area contributed by atoms with E-state index >= 15 is 0 Å². The average Bonchev–Trinajstić information content (AvgIpc) is 3.40. The average molecular weight is 593 g/mol. The van der Waals surface area contributed by atoms with Crippen LogP contribution in [0.3, 0.4) is 0 Å². The number of nitrogens with one attached hydrogen (secondary N) is 2. The molecular weight excluding hydrogens is 561 g/mol. The van der Waals surface area contributed by atoms with Crippen molar-refractivity contribution in [2.75, 3.05) is 57.0 Å². The van der Waals surface area contributed by atoms with Crippen LogP contribution in [0.15, 0.2) is 55.0 Å². The summed E-state index contributed by atoms with van der Waals surface area (Å²) >= 11 is 0. The van der Waals surface area contributed by atoms with Gasteiger partial charge in [0.15, 0.2) is 5.65 Å². The summed E-state index contributed by atoms with van der Waals surface area (Å²) in [5, 5.41) is 19.1. The molecule has 3 N–H and O–H groups in total. The second-order valence-corrected chi connectivity index (χ2v) is 10.3. The number of hydrogen-bond donors (Lipinski definition) is 3. The lowest BCUT2D eigenvalue weighted by Gasteiger charge is -2.33. The number of benzene rings is 1. The van der Waals surface area contributed by atoms with Crippen molar-refractivity contribution < 1.29 is 23.1 Å². The summed E-state index contributed by atoms with van der Waals surface area (Å²) in [7, 11) is 1.99. The molecule has 4 aromatic rings. The molecular formula is C30H31F3N8O2. The number of piperazine rings is 1. The van der Waals surface area contributed by atoms with E-state index in [1.165, 1.54) is 30.6 Å². The smallest absolute Gasteiger partial charge is 0.396 e. The predicted molar refractivity (Wildman–Crippen MR) is 156 cm³/mol. The van der Waals surface area contributed by atoms with Gasteiger partial charge in [0.05, 0.1) is 17.3 Å². The van der Waals surface area contributed by atoms with E-state index in [-0.39, 0.29) is 30.0 Å². The van der Waals surface area contributed by atoms with Gasteiger partial charge in [-0.25, -0.2) is 9.50 Å². The van der Waals surface area contributed by atoms with Gasteiger partial charge in [0, 0.05) is 69.5 Å². The normalized spacial score (nSPS) is 14.3. The molecule has 0 bridgehead atoms. The highest BCUT2D eigenvalue weighted by atomic mass is 19.4. The number of nitrogens with zero attached hydrogens (tertiary/aromatic N) is 6. The highest BCUT2D eigenvalue weighted by Gasteiger charge is 2.34. The van der Waals surface area contributed by atoms with Crippen molar-refractivity contribution in [1.29, 1.82) is 0 Å². The molecule has 0 saturated carbocycles. The number of aromatic nitrogens is 4. The van der Waals surface area contributed by atoms with Gasteiger partial charge in [0.2, 0.25) is 0 Å². The first-order chi connectivity index (χ1) is 20.7. The minimum absolute atomic E-state index is 0.0381. The quantitative estimate of drug-likeness (QED) is 0.211. The van der Waals surface area contributed by atoms with Crippen molar-refractivity contribution in [2.45, 2.75) is 19.1 Å². The maximum atomic E-state index is 14.0. The molecule has 0 atom stereocenters. The summed E-state index contributed by atoms with van der Waals surface area (Å²) in [6.07, 6.45) is 0.397. The van der Waals surface area contributed by atoms with Crippen LogP contribution in [0, 0.1) is 11.8 Å². The molecule has 0 aliphatic carbocycles. The zero-order chi connectivity index (χ0) is 30.4. The Labute approximate surface area is 246 Å². The number of alkyl halides is 3. The third-order valence-electron chi connectivity index (χ3n) is 7.00. The van der Waals surface area contributed by atoms with Gasteiger partial charge < -0.3 is 20.6 Å². The third-order valence-corrected chi connectivity index (χ3v) is 7.00. The largest absolute Gasteiger partial charge is 0.416 e. The molecule has 4 heterocycles. The number of fused-ring (bicyclic) bond motifs is 1. The molecule has 1 aliphatic heterocycles. The number of carbonyl (C=O) groups excluding carboxylic acids is 1.